The molecule has 2 aromatic rings. The lowest BCUT2D eigenvalue weighted by molar-refractivity contribution is -0.111. The summed E-state index contributed by atoms with van der Waals surface area (Å²) in [7, 11) is 1.59. The number of hydrogen-bond donors (Lipinski definition) is 2. The molecular weight excluding hydrogens is 420 g/mol. The van der Waals surface area contributed by atoms with Gasteiger partial charge in [0.05, 0.1) is 31.1 Å². The maximum absolute atomic E-state index is 12.6. The van der Waals surface area contributed by atoms with E-state index in [2.05, 4.69) is 17.6 Å². The fourth-order valence-corrected chi connectivity index (χ4v) is 3.48. The van der Waals surface area contributed by atoms with Crippen LogP contribution in [0.2, 0.25) is 0 Å². The average Bonchev–Trinajstić information content (AvgIpc) is 3.36. The summed E-state index contributed by atoms with van der Waals surface area (Å²) in [5.74, 6) is 0.711. The zero-order valence-corrected chi connectivity index (χ0v) is 19.3. The third kappa shape index (κ3) is 7.36. The van der Waals surface area contributed by atoms with E-state index in [0.717, 1.165) is 37.9 Å². The van der Waals surface area contributed by atoms with Crippen LogP contribution < -0.4 is 20.1 Å². The maximum Gasteiger partial charge on any atom is 0.253 e. The molecule has 0 aliphatic carbocycles. The molecule has 7 heteroatoms. The quantitative estimate of drug-likeness (QED) is 0.389. The Kier molecular flexibility index (Phi) is 9.32. The molecule has 176 valence electrons. The van der Waals surface area contributed by atoms with Crippen molar-refractivity contribution in [3.63, 3.8) is 0 Å². The molecular formula is C26H32N2O5. The molecule has 2 amide bonds. The zero-order chi connectivity index (χ0) is 23.5. The van der Waals surface area contributed by atoms with Crippen LogP contribution in [0.4, 0.5) is 5.69 Å². The first kappa shape index (κ1) is 24.3. The van der Waals surface area contributed by atoms with Gasteiger partial charge in [-0.2, -0.15) is 0 Å². The number of anilines is 1. The molecule has 1 heterocycles. The Morgan fingerprint density at radius 1 is 1.18 bits per heavy atom. The Labute approximate surface area is 195 Å². The van der Waals surface area contributed by atoms with Gasteiger partial charge in [-0.15, -0.1) is 0 Å². The summed E-state index contributed by atoms with van der Waals surface area (Å²) in [6.45, 7) is 3.93. The molecule has 1 aliphatic heterocycles. The number of rotatable bonds is 11. The lowest BCUT2D eigenvalue weighted by Gasteiger charge is -2.13. The van der Waals surface area contributed by atoms with E-state index in [0.29, 0.717) is 35.9 Å². The molecule has 0 radical (unpaired) electrons. The lowest BCUT2D eigenvalue weighted by atomic mass is 10.1. The summed E-state index contributed by atoms with van der Waals surface area (Å²) in [6.07, 6.45) is 7.15. The van der Waals surface area contributed by atoms with Crippen molar-refractivity contribution in [2.45, 2.75) is 38.7 Å². The molecule has 1 aliphatic rings. The molecule has 3 rings (SSSR count). The standard InChI is InChI=1S/C26H32N2O5/c1-3-4-15-33-23-13-11-19(17-24(23)31-2)12-14-25(29)28-22-10-6-5-9-21(22)26(30)27-18-20-8-7-16-32-20/h5-6,9-14,17,20H,3-4,7-8,15-16,18H2,1-2H3,(H,27,30)(H,28,29)/b14-12+. The van der Waals surface area contributed by atoms with Gasteiger partial charge in [0.15, 0.2) is 11.5 Å². The van der Waals surface area contributed by atoms with Crippen LogP contribution in [0.25, 0.3) is 6.08 Å². The molecule has 1 unspecified atom stereocenters. The summed E-state index contributed by atoms with van der Waals surface area (Å²) in [6, 6.07) is 12.4. The van der Waals surface area contributed by atoms with E-state index in [1.165, 1.54) is 6.08 Å². The highest BCUT2D eigenvalue weighted by atomic mass is 16.5. The van der Waals surface area contributed by atoms with E-state index in [4.69, 9.17) is 14.2 Å². The van der Waals surface area contributed by atoms with E-state index in [1.807, 2.05) is 18.2 Å². The van der Waals surface area contributed by atoms with E-state index in [1.54, 1.807) is 37.5 Å². The molecule has 0 aromatic heterocycles. The van der Waals surface area contributed by atoms with Crippen molar-refractivity contribution in [2.75, 3.05) is 32.2 Å². The topological polar surface area (TPSA) is 85.9 Å². The first-order valence-electron chi connectivity index (χ1n) is 11.4. The molecule has 0 spiro atoms. The van der Waals surface area contributed by atoms with Gasteiger partial charge in [-0.25, -0.2) is 0 Å². The highest BCUT2D eigenvalue weighted by Gasteiger charge is 2.18. The highest BCUT2D eigenvalue weighted by molar-refractivity contribution is 6.07. The molecule has 33 heavy (non-hydrogen) atoms. The lowest BCUT2D eigenvalue weighted by Crippen LogP contribution is -2.32. The van der Waals surface area contributed by atoms with Crippen LogP contribution in [0.15, 0.2) is 48.5 Å². The molecule has 0 bridgehead atoms. The number of unbranched alkanes of at least 4 members (excludes halogenated alkanes) is 1. The number of amides is 2. The SMILES string of the molecule is CCCCOc1ccc(/C=C/C(=O)Nc2ccccc2C(=O)NCC2CCCO2)cc1OC. The predicted octanol–water partition coefficient (Wildman–Crippen LogP) is 4.43. The third-order valence-corrected chi connectivity index (χ3v) is 5.31. The van der Waals surface area contributed by atoms with Gasteiger partial charge in [0.2, 0.25) is 5.91 Å². The molecule has 2 aromatic carbocycles. The van der Waals surface area contributed by atoms with Gasteiger partial charge in [-0.05, 0) is 55.2 Å². The number of para-hydroxylation sites is 1. The van der Waals surface area contributed by atoms with E-state index in [-0.39, 0.29) is 17.9 Å². The van der Waals surface area contributed by atoms with Crippen LogP contribution in [0.1, 0.15) is 48.5 Å². The smallest absolute Gasteiger partial charge is 0.253 e. The van der Waals surface area contributed by atoms with Gasteiger partial charge in [0.1, 0.15) is 0 Å². The summed E-state index contributed by atoms with van der Waals surface area (Å²) in [5, 5.41) is 5.68. The van der Waals surface area contributed by atoms with Crippen molar-refractivity contribution in [2.24, 2.45) is 0 Å². The molecule has 1 saturated heterocycles. The first-order valence-corrected chi connectivity index (χ1v) is 11.4. The van der Waals surface area contributed by atoms with Gasteiger partial charge < -0.3 is 24.8 Å². The number of nitrogens with one attached hydrogen (secondary N) is 2. The number of ether oxygens (including phenoxy) is 3. The van der Waals surface area contributed by atoms with Crippen molar-refractivity contribution in [1.82, 2.24) is 5.32 Å². The largest absolute Gasteiger partial charge is 0.493 e. The molecule has 1 fully saturated rings. The monoisotopic (exact) mass is 452 g/mol. The zero-order valence-electron chi connectivity index (χ0n) is 19.3. The van der Waals surface area contributed by atoms with E-state index >= 15 is 0 Å². The van der Waals surface area contributed by atoms with Crippen LogP contribution in [0, 0.1) is 0 Å². The second-order valence-corrected chi connectivity index (χ2v) is 7.83. The average molecular weight is 453 g/mol. The van der Waals surface area contributed by atoms with Crippen LogP contribution in [-0.4, -0.2) is 44.8 Å². The second kappa shape index (κ2) is 12.6. The van der Waals surface area contributed by atoms with Gasteiger partial charge >= 0.3 is 0 Å². The van der Waals surface area contributed by atoms with Gasteiger partial charge in [-0.3, -0.25) is 9.59 Å². The Morgan fingerprint density at radius 3 is 2.79 bits per heavy atom. The fourth-order valence-electron chi connectivity index (χ4n) is 3.48. The van der Waals surface area contributed by atoms with Crippen molar-refractivity contribution >= 4 is 23.6 Å². The Morgan fingerprint density at radius 2 is 2.03 bits per heavy atom. The van der Waals surface area contributed by atoms with E-state index < -0.39 is 0 Å². The third-order valence-electron chi connectivity index (χ3n) is 5.31. The van der Waals surface area contributed by atoms with Crippen molar-refractivity contribution in [1.29, 1.82) is 0 Å². The van der Waals surface area contributed by atoms with Crippen molar-refractivity contribution < 1.29 is 23.8 Å². The van der Waals surface area contributed by atoms with Crippen molar-refractivity contribution in [3.05, 3.63) is 59.7 Å². The fraction of sp³-hybridized carbons (Fsp3) is 0.385. The number of carbonyl (C=O) groups is 2. The Hall–Kier alpha value is -3.32. The first-order chi connectivity index (χ1) is 16.1. The Balaban J connectivity index is 1.60. The van der Waals surface area contributed by atoms with Crippen molar-refractivity contribution in [3.8, 4) is 11.5 Å². The minimum atomic E-state index is -0.336. The Bertz CT molecular complexity index is 967. The molecule has 0 saturated carbocycles. The summed E-state index contributed by atoms with van der Waals surface area (Å²) in [5.41, 5.74) is 1.66. The van der Waals surface area contributed by atoms with Crippen LogP contribution in [-0.2, 0) is 9.53 Å². The number of hydrogen-bond acceptors (Lipinski definition) is 5. The van der Waals surface area contributed by atoms with Crippen LogP contribution in [0.3, 0.4) is 0 Å². The summed E-state index contributed by atoms with van der Waals surface area (Å²) in [4.78, 5) is 25.1. The van der Waals surface area contributed by atoms with E-state index in [9.17, 15) is 9.59 Å². The molecule has 7 nitrogen and oxygen atoms in total. The minimum Gasteiger partial charge on any atom is -0.493 e. The normalized spacial score (nSPS) is 15.4. The van der Waals surface area contributed by atoms with Crippen LogP contribution >= 0.6 is 0 Å². The van der Waals surface area contributed by atoms with Gasteiger partial charge in [0, 0.05) is 19.2 Å². The predicted molar refractivity (Wildman–Crippen MR) is 129 cm³/mol. The van der Waals surface area contributed by atoms with Gasteiger partial charge in [-0.1, -0.05) is 31.5 Å². The molecule has 1 atom stereocenters. The maximum atomic E-state index is 12.6. The number of carbonyl (C=O) groups excluding carboxylic acids is 2. The number of methoxy groups -OCH3 is 1. The molecule has 2 N–H and O–H groups in total. The minimum absolute atomic E-state index is 0.0547. The van der Waals surface area contributed by atoms with Gasteiger partial charge in [0.25, 0.3) is 5.91 Å². The highest BCUT2D eigenvalue weighted by Crippen LogP contribution is 2.28. The number of benzene rings is 2. The second-order valence-electron chi connectivity index (χ2n) is 7.83. The summed E-state index contributed by atoms with van der Waals surface area (Å²) >= 11 is 0. The van der Waals surface area contributed by atoms with Crippen LogP contribution in [0.5, 0.6) is 11.5 Å². The summed E-state index contributed by atoms with van der Waals surface area (Å²) < 4.78 is 16.7.